The lowest BCUT2D eigenvalue weighted by Gasteiger charge is -2.08. The number of rotatable bonds is 4. The molecule has 7 heteroatoms. The first kappa shape index (κ1) is 12.7. The number of halogens is 1. The van der Waals surface area contributed by atoms with Crippen LogP contribution in [0.1, 0.15) is 12.6 Å². The Labute approximate surface area is 112 Å². The summed E-state index contributed by atoms with van der Waals surface area (Å²) in [6, 6.07) is 1.81. The van der Waals surface area contributed by atoms with E-state index >= 15 is 0 Å². The maximum Gasteiger partial charge on any atom is 0.283 e. The van der Waals surface area contributed by atoms with Crippen molar-refractivity contribution < 1.29 is 0 Å². The third-order valence-corrected chi connectivity index (χ3v) is 3.15. The van der Waals surface area contributed by atoms with E-state index in [2.05, 4.69) is 36.3 Å². The lowest BCUT2D eigenvalue weighted by Crippen LogP contribution is -2.23. The van der Waals surface area contributed by atoms with E-state index in [0.29, 0.717) is 23.2 Å². The lowest BCUT2D eigenvalue weighted by molar-refractivity contribution is 0.613. The summed E-state index contributed by atoms with van der Waals surface area (Å²) in [5.74, 6) is 0. The van der Waals surface area contributed by atoms with Crippen molar-refractivity contribution in [2.24, 2.45) is 0 Å². The molecule has 0 amide bonds. The second-order valence-electron chi connectivity index (χ2n) is 3.55. The molecule has 2 aromatic rings. The van der Waals surface area contributed by atoms with E-state index in [4.69, 9.17) is 0 Å². The summed E-state index contributed by atoms with van der Waals surface area (Å²) in [4.78, 5) is 19.7. The molecule has 6 nitrogen and oxygen atoms in total. The van der Waals surface area contributed by atoms with Gasteiger partial charge in [-0.05, 0) is 28.9 Å². The summed E-state index contributed by atoms with van der Waals surface area (Å²) >= 11 is 3.28. The predicted molar refractivity (Wildman–Crippen MR) is 71.2 cm³/mol. The Morgan fingerprint density at radius 1 is 1.50 bits per heavy atom. The number of aryl methyl sites for hydroxylation is 1. The van der Waals surface area contributed by atoms with E-state index in [0.717, 1.165) is 5.69 Å². The van der Waals surface area contributed by atoms with Gasteiger partial charge in [0.05, 0.1) is 24.1 Å². The number of hydrogen-bond donors (Lipinski definition) is 1. The molecule has 0 radical (unpaired) electrons. The fraction of sp³-hybridized carbons (Fsp3) is 0.273. The third-order valence-electron chi connectivity index (χ3n) is 2.39. The molecule has 2 aromatic heterocycles. The molecule has 0 spiro atoms. The van der Waals surface area contributed by atoms with Crippen LogP contribution in [0.5, 0.6) is 0 Å². The number of aromatic nitrogens is 4. The first-order chi connectivity index (χ1) is 8.72. The van der Waals surface area contributed by atoms with E-state index in [1.165, 1.54) is 11.0 Å². The van der Waals surface area contributed by atoms with Crippen LogP contribution >= 0.6 is 15.9 Å². The number of nitrogens with one attached hydrogen (secondary N) is 1. The fourth-order valence-electron chi connectivity index (χ4n) is 1.42. The molecule has 0 bridgehead atoms. The van der Waals surface area contributed by atoms with Crippen LogP contribution in [0.15, 0.2) is 34.1 Å². The molecule has 0 saturated heterocycles. The summed E-state index contributed by atoms with van der Waals surface area (Å²) in [6.45, 7) is 2.93. The Bertz CT molecular complexity index is 584. The van der Waals surface area contributed by atoms with Gasteiger partial charge in [0.1, 0.15) is 10.8 Å². The highest BCUT2D eigenvalue weighted by Gasteiger charge is 2.07. The Balaban J connectivity index is 2.16. The van der Waals surface area contributed by atoms with Crippen LogP contribution in [0.4, 0.5) is 5.69 Å². The molecule has 0 fully saturated rings. The normalized spacial score (nSPS) is 10.3. The largest absolute Gasteiger partial charge is 0.377 e. The highest BCUT2D eigenvalue weighted by Crippen LogP contribution is 2.16. The standard InChI is InChI=1S/C11H12BrN5O/c1-2-17-11(18)10(12)9(6-16-17)14-5-8-3-4-13-7-15-8/h3-4,6-7,14H,2,5H2,1H3. The van der Waals surface area contributed by atoms with E-state index in [1.807, 2.05) is 13.0 Å². The van der Waals surface area contributed by atoms with Gasteiger partial charge in [0, 0.05) is 12.7 Å². The molecule has 18 heavy (non-hydrogen) atoms. The Morgan fingerprint density at radius 2 is 2.33 bits per heavy atom. The van der Waals surface area contributed by atoms with Gasteiger partial charge in [-0.15, -0.1) is 0 Å². The summed E-state index contributed by atoms with van der Waals surface area (Å²) in [6.07, 6.45) is 4.78. The topological polar surface area (TPSA) is 72.7 Å². The van der Waals surface area contributed by atoms with Gasteiger partial charge in [-0.2, -0.15) is 5.10 Å². The zero-order valence-electron chi connectivity index (χ0n) is 9.80. The van der Waals surface area contributed by atoms with E-state index < -0.39 is 0 Å². The molecular weight excluding hydrogens is 298 g/mol. The van der Waals surface area contributed by atoms with Gasteiger partial charge in [0.25, 0.3) is 5.56 Å². The van der Waals surface area contributed by atoms with E-state index in [-0.39, 0.29) is 5.56 Å². The zero-order chi connectivity index (χ0) is 13.0. The summed E-state index contributed by atoms with van der Waals surface area (Å²) in [5.41, 5.74) is 1.35. The van der Waals surface area contributed by atoms with Crippen LogP contribution in [-0.4, -0.2) is 19.7 Å². The highest BCUT2D eigenvalue weighted by molar-refractivity contribution is 9.10. The van der Waals surface area contributed by atoms with Crippen molar-refractivity contribution in [1.29, 1.82) is 0 Å². The first-order valence-corrected chi connectivity index (χ1v) is 6.26. The average molecular weight is 310 g/mol. The average Bonchev–Trinajstić information content (AvgIpc) is 2.42. The van der Waals surface area contributed by atoms with Crippen molar-refractivity contribution in [1.82, 2.24) is 19.7 Å². The van der Waals surface area contributed by atoms with Crippen LogP contribution in [0.25, 0.3) is 0 Å². The van der Waals surface area contributed by atoms with Crippen molar-refractivity contribution in [2.45, 2.75) is 20.0 Å². The molecule has 2 heterocycles. The van der Waals surface area contributed by atoms with Gasteiger partial charge >= 0.3 is 0 Å². The maximum absolute atomic E-state index is 11.8. The van der Waals surface area contributed by atoms with E-state index in [1.54, 1.807) is 12.4 Å². The maximum atomic E-state index is 11.8. The number of hydrogen-bond acceptors (Lipinski definition) is 5. The predicted octanol–water partition coefficient (Wildman–Crippen LogP) is 1.43. The van der Waals surface area contributed by atoms with Gasteiger partial charge in [-0.3, -0.25) is 4.79 Å². The monoisotopic (exact) mass is 309 g/mol. The van der Waals surface area contributed by atoms with Crippen LogP contribution < -0.4 is 10.9 Å². The zero-order valence-corrected chi connectivity index (χ0v) is 11.4. The number of anilines is 1. The van der Waals surface area contributed by atoms with Gasteiger partial charge in [0.15, 0.2) is 0 Å². The third kappa shape index (κ3) is 2.73. The van der Waals surface area contributed by atoms with Gasteiger partial charge in [-0.25, -0.2) is 14.6 Å². The van der Waals surface area contributed by atoms with Crippen molar-refractivity contribution in [3.05, 3.63) is 45.3 Å². The van der Waals surface area contributed by atoms with E-state index in [9.17, 15) is 4.79 Å². The van der Waals surface area contributed by atoms with Crippen molar-refractivity contribution in [2.75, 3.05) is 5.32 Å². The molecule has 94 valence electrons. The summed E-state index contributed by atoms with van der Waals surface area (Å²) in [5, 5.41) is 7.16. The lowest BCUT2D eigenvalue weighted by atomic mass is 10.4. The second-order valence-corrected chi connectivity index (χ2v) is 4.34. The molecule has 2 rings (SSSR count). The van der Waals surface area contributed by atoms with Crippen LogP contribution in [0.3, 0.4) is 0 Å². The molecule has 0 atom stereocenters. The van der Waals surface area contributed by atoms with Crippen LogP contribution in [-0.2, 0) is 13.1 Å². The molecule has 1 N–H and O–H groups in total. The molecule has 0 aromatic carbocycles. The number of nitrogens with zero attached hydrogens (tertiary/aromatic N) is 4. The second kappa shape index (κ2) is 5.72. The molecule has 0 aliphatic rings. The van der Waals surface area contributed by atoms with Crippen LogP contribution in [0, 0.1) is 0 Å². The molecular formula is C11H12BrN5O. The molecule has 0 unspecified atom stereocenters. The SMILES string of the molecule is CCn1ncc(NCc2ccncn2)c(Br)c1=O. The van der Waals surface area contributed by atoms with Gasteiger partial charge < -0.3 is 5.32 Å². The quantitative estimate of drug-likeness (QED) is 0.925. The van der Waals surface area contributed by atoms with Crippen LogP contribution in [0.2, 0.25) is 0 Å². The molecule has 0 saturated carbocycles. The van der Waals surface area contributed by atoms with Gasteiger partial charge in [0.2, 0.25) is 0 Å². The molecule has 0 aliphatic heterocycles. The smallest absolute Gasteiger partial charge is 0.283 e. The highest BCUT2D eigenvalue weighted by atomic mass is 79.9. The Hall–Kier alpha value is -1.76. The van der Waals surface area contributed by atoms with Crippen molar-refractivity contribution in [3.63, 3.8) is 0 Å². The minimum absolute atomic E-state index is 0.148. The summed E-state index contributed by atoms with van der Waals surface area (Å²) in [7, 11) is 0. The van der Waals surface area contributed by atoms with Crippen molar-refractivity contribution >= 4 is 21.6 Å². The Kier molecular flexibility index (Phi) is 4.03. The van der Waals surface area contributed by atoms with Gasteiger partial charge in [-0.1, -0.05) is 0 Å². The minimum Gasteiger partial charge on any atom is -0.377 e. The summed E-state index contributed by atoms with van der Waals surface area (Å²) < 4.78 is 1.87. The first-order valence-electron chi connectivity index (χ1n) is 5.46. The van der Waals surface area contributed by atoms with Crippen molar-refractivity contribution in [3.8, 4) is 0 Å². The molecule has 0 aliphatic carbocycles. The minimum atomic E-state index is -0.148. The Morgan fingerprint density at radius 3 is 3.00 bits per heavy atom. The fourth-order valence-corrected chi connectivity index (χ4v) is 1.87.